The minimum atomic E-state index is -0.234. The Labute approximate surface area is 130 Å². The van der Waals surface area contributed by atoms with Crippen molar-refractivity contribution in [2.45, 2.75) is 19.4 Å². The predicted octanol–water partition coefficient (Wildman–Crippen LogP) is 3.60. The molecule has 0 spiro atoms. The summed E-state index contributed by atoms with van der Waals surface area (Å²) in [6, 6.07) is 17.0. The zero-order valence-electron chi connectivity index (χ0n) is 12.7. The van der Waals surface area contributed by atoms with E-state index < -0.39 is 0 Å². The smallest absolute Gasteiger partial charge is 0.306 e. The van der Waals surface area contributed by atoms with Gasteiger partial charge in [0.1, 0.15) is 18.1 Å². The maximum absolute atomic E-state index is 11.7. The van der Waals surface area contributed by atoms with E-state index in [1.807, 2.05) is 54.6 Å². The number of carbonyl (C=O) groups is 1. The van der Waals surface area contributed by atoms with Gasteiger partial charge >= 0.3 is 5.97 Å². The van der Waals surface area contributed by atoms with Crippen molar-refractivity contribution < 1.29 is 19.0 Å². The van der Waals surface area contributed by atoms with Crippen molar-refractivity contribution in [3.63, 3.8) is 0 Å². The fourth-order valence-electron chi connectivity index (χ4n) is 1.98. The van der Waals surface area contributed by atoms with Crippen LogP contribution in [0.25, 0.3) is 0 Å². The van der Waals surface area contributed by atoms with E-state index in [0.717, 1.165) is 17.1 Å². The highest BCUT2D eigenvalue weighted by molar-refractivity contribution is 5.69. The Bertz CT molecular complexity index is 581. The second-order valence-electron chi connectivity index (χ2n) is 4.74. The zero-order chi connectivity index (χ0) is 15.6. The normalized spacial score (nSPS) is 10.0. The lowest BCUT2D eigenvalue weighted by Crippen LogP contribution is -2.07. The Kier molecular flexibility index (Phi) is 6.30. The summed E-state index contributed by atoms with van der Waals surface area (Å²) in [7, 11) is 1.60. The van der Waals surface area contributed by atoms with Gasteiger partial charge in [-0.05, 0) is 24.6 Å². The molecule has 0 unspecified atom stereocenters. The molecule has 0 fully saturated rings. The molecule has 2 rings (SSSR count). The molecule has 4 nitrogen and oxygen atoms in total. The van der Waals surface area contributed by atoms with E-state index in [-0.39, 0.29) is 12.6 Å². The first kappa shape index (κ1) is 15.9. The molecule has 0 aliphatic carbocycles. The number of methoxy groups -OCH3 is 1. The van der Waals surface area contributed by atoms with Crippen LogP contribution in [0.3, 0.4) is 0 Å². The number of para-hydroxylation sites is 2. The summed E-state index contributed by atoms with van der Waals surface area (Å²) in [6.45, 7) is 0.718. The molecule has 0 aliphatic rings. The summed E-state index contributed by atoms with van der Waals surface area (Å²) in [6.07, 6.45) is 0.960. The summed E-state index contributed by atoms with van der Waals surface area (Å²) in [5, 5.41) is 0. The largest absolute Gasteiger partial charge is 0.496 e. The van der Waals surface area contributed by atoms with Crippen molar-refractivity contribution in [3.05, 3.63) is 60.2 Å². The van der Waals surface area contributed by atoms with Gasteiger partial charge in [0.15, 0.2) is 0 Å². The predicted molar refractivity (Wildman–Crippen MR) is 84.0 cm³/mol. The molecule has 116 valence electrons. The number of hydrogen-bond donors (Lipinski definition) is 0. The number of hydrogen-bond acceptors (Lipinski definition) is 4. The summed E-state index contributed by atoms with van der Waals surface area (Å²) in [5.41, 5.74) is 0.860. The number of rotatable bonds is 8. The van der Waals surface area contributed by atoms with Crippen LogP contribution in [-0.4, -0.2) is 19.7 Å². The average Bonchev–Trinajstić information content (AvgIpc) is 2.58. The summed E-state index contributed by atoms with van der Waals surface area (Å²) in [5.74, 6) is 1.30. The quantitative estimate of drug-likeness (QED) is 0.552. The van der Waals surface area contributed by atoms with Gasteiger partial charge in [0.05, 0.1) is 13.7 Å². The van der Waals surface area contributed by atoms with Gasteiger partial charge in [-0.25, -0.2) is 0 Å². The third-order valence-electron chi connectivity index (χ3n) is 3.12. The molecule has 2 aromatic rings. The minimum Gasteiger partial charge on any atom is -0.496 e. The van der Waals surface area contributed by atoms with Crippen LogP contribution in [-0.2, 0) is 16.1 Å². The number of esters is 1. The lowest BCUT2D eigenvalue weighted by Gasteiger charge is -2.09. The van der Waals surface area contributed by atoms with E-state index in [4.69, 9.17) is 14.2 Å². The summed E-state index contributed by atoms with van der Waals surface area (Å²) >= 11 is 0. The highest BCUT2D eigenvalue weighted by atomic mass is 16.5. The second-order valence-corrected chi connectivity index (χ2v) is 4.74. The second kappa shape index (κ2) is 8.72. The van der Waals surface area contributed by atoms with Gasteiger partial charge in [-0.1, -0.05) is 36.4 Å². The van der Waals surface area contributed by atoms with Gasteiger partial charge < -0.3 is 14.2 Å². The summed E-state index contributed by atoms with van der Waals surface area (Å²) < 4.78 is 16.0. The first-order valence-corrected chi connectivity index (χ1v) is 7.25. The lowest BCUT2D eigenvalue weighted by molar-refractivity contribution is -0.145. The van der Waals surface area contributed by atoms with Crippen molar-refractivity contribution in [3.8, 4) is 11.5 Å². The van der Waals surface area contributed by atoms with Crippen molar-refractivity contribution >= 4 is 5.97 Å². The topological polar surface area (TPSA) is 44.8 Å². The van der Waals surface area contributed by atoms with Gasteiger partial charge in [-0.15, -0.1) is 0 Å². The standard InChI is InChI=1S/C18H20O4/c1-20-17-11-6-5-8-15(17)14-22-18(19)12-7-13-21-16-9-3-2-4-10-16/h2-6,8-11H,7,12-14H2,1H3. The van der Waals surface area contributed by atoms with E-state index in [1.165, 1.54) is 0 Å². The Hall–Kier alpha value is -2.49. The maximum Gasteiger partial charge on any atom is 0.306 e. The molecule has 0 bridgehead atoms. The fraction of sp³-hybridized carbons (Fsp3) is 0.278. The lowest BCUT2D eigenvalue weighted by atomic mass is 10.2. The Morgan fingerprint density at radius 2 is 1.73 bits per heavy atom. The van der Waals surface area contributed by atoms with E-state index in [9.17, 15) is 4.79 Å². The molecule has 0 saturated heterocycles. The molecule has 0 aliphatic heterocycles. The van der Waals surface area contributed by atoms with Gasteiger partial charge in [0.2, 0.25) is 0 Å². The maximum atomic E-state index is 11.7. The van der Waals surface area contributed by atoms with Gasteiger partial charge in [-0.2, -0.15) is 0 Å². The van der Waals surface area contributed by atoms with Crippen molar-refractivity contribution in [2.75, 3.05) is 13.7 Å². The van der Waals surface area contributed by atoms with Crippen molar-refractivity contribution in [1.29, 1.82) is 0 Å². The van der Waals surface area contributed by atoms with Crippen LogP contribution in [0.4, 0.5) is 0 Å². The molecule has 22 heavy (non-hydrogen) atoms. The van der Waals surface area contributed by atoms with E-state index in [1.54, 1.807) is 7.11 Å². The SMILES string of the molecule is COc1ccccc1COC(=O)CCCOc1ccccc1. The molecule has 0 atom stereocenters. The highest BCUT2D eigenvalue weighted by Gasteiger charge is 2.07. The third-order valence-corrected chi connectivity index (χ3v) is 3.12. The summed E-state index contributed by atoms with van der Waals surface area (Å²) in [4.78, 5) is 11.7. The molecule has 0 heterocycles. The minimum absolute atomic E-state index is 0.225. The number of ether oxygens (including phenoxy) is 3. The molecule has 0 N–H and O–H groups in total. The van der Waals surface area contributed by atoms with E-state index in [2.05, 4.69) is 0 Å². The Morgan fingerprint density at radius 1 is 1.00 bits per heavy atom. The molecule has 4 heteroatoms. The Balaban J connectivity index is 1.66. The van der Waals surface area contributed by atoms with Crippen molar-refractivity contribution in [1.82, 2.24) is 0 Å². The molecular formula is C18H20O4. The van der Waals surface area contributed by atoms with Gasteiger partial charge in [0, 0.05) is 12.0 Å². The van der Waals surface area contributed by atoms with Crippen LogP contribution in [0.5, 0.6) is 11.5 Å². The third kappa shape index (κ3) is 5.13. The molecule has 0 aromatic heterocycles. The zero-order valence-corrected chi connectivity index (χ0v) is 12.7. The average molecular weight is 300 g/mol. The van der Waals surface area contributed by atoms with Crippen LogP contribution in [0, 0.1) is 0 Å². The number of benzene rings is 2. The Morgan fingerprint density at radius 3 is 2.50 bits per heavy atom. The van der Waals surface area contributed by atoms with Crippen LogP contribution in [0.1, 0.15) is 18.4 Å². The van der Waals surface area contributed by atoms with Gasteiger partial charge in [0.25, 0.3) is 0 Å². The van der Waals surface area contributed by atoms with Gasteiger partial charge in [-0.3, -0.25) is 4.79 Å². The van der Waals surface area contributed by atoms with Crippen LogP contribution < -0.4 is 9.47 Å². The van der Waals surface area contributed by atoms with Crippen molar-refractivity contribution in [2.24, 2.45) is 0 Å². The fourth-order valence-corrected chi connectivity index (χ4v) is 1.98. The van der Waals surface area contributed by atoms with E-state index in [0.29, 0.717) is 19.4 Å². The van der Waals surface area contributed by atoms with Crippen LogP contribution in [0.15, 0.2) is 54.6 Å². The molecule has 0 radical (unpaired) electrons. The monoisotopic (exact) mass is 300 g/mol. The highest BCUT2D eigenvalue weighted by Crippen LogP contribution is 2.18. The van der Waals surface area contributed by atoms with Crippen LogP contribution in [0.2, 0.25) is 0 Å². The first-order chi connectivity index (χ1) is 10.8. The van der Waals surface area contributed by atoms with E-state index >= 15 is 0 Å². The molecule has 2 aromatic carbocycles. The molecular weight excluding hydrogens is 280 g/mol. The first-order valence-electron chi connectivity index (χ1n) is 7.25. The van der Waals surface area contributed by atoms with Crippen LogP contribution >= 0.6 is 0 Å². The number of carbonyl (C=O) groups excluding carboxylic acids is 1. The molecule has 0 saturated carbocycles. The molecule has 0 amide bonds.